The van der Waals surface area contributed by atoms with Gasteiger partial charge >= 0.3 is 0 Å². The lowest BCUT2D eigenvalue weighted by Crippen LogP contribution is -2.61. The molecule has 0 saturated heterocycles. The van der Waals surface area contributed by atoms with Crippen molar-refractivity contribution in [2.24, 2.45) is 17.3 Å². The molecule has 2 fully saturated rings. The SMILES string of the molecule is C=C(C)[C@@H]1CC[C@@]2(C)C(=O)CC[C@](C)(O)C2[C@@H]1O. The summed E-state index contributed by atoms with van der Waals surface area (Å²) < 4.78 is 0. The molecule has 2 aliphatic carbocycles. The highest BCUT2D eigenvalue weighted by atomic mass is 16.3. The van der Waals surface area contributed by atoms with Crippen molar-refractivity contribution in [2.45, 2.75) is 58.2 Å². The van der Waals surface area contributed by atoms with E-state index in [9.17, 15) is 15.0 Å². The summed E-state index contributed by atoms with van der Waals surface area (Å²) in [5, 5.41) is 21.2. The Labute approximate surface area is 109 Å². The van der Waals surface area contributed by atoms with Crippen LogP contribution in [0.25, 0.3) is 0 Å². The van der Waals surface area contributed by atoms with Crippen molar-refractivity contribution in [3.05, 3.63) is 12.2 Å². The van der Waals surface area contributed by atoms with Crippen molar-refractivity contribution in [1.29, 1.82) is 0 Å². The van der Waals surface area contributed by atoms with Gasteiger partial charge in [0, 0.05) is 23.7 Å². The standard InChI is InChI=1S/C15H24O3/c1-9(2)10-5-7-14(3)11(16)6-8-15(4,18)13(14)12(10)17/h10,12-13,17-18H,1,5-8H2,2-4H3/t10-,12+,13?,14-,15-/m0/s1. The molecule has 0 amide bonds. The first-order chi connectivity index (χ1) is 8.20. The molecule has 0 heterocycles. The van der Waals surface area contributed by atoms with Gasteiger partial charge in [0.05, 0.1) is 11.7 Å². The predicted molar refractivity (Wildman–Crippen MR) is 70.0 cm³/mol. The number of hydrogen-bond donors (Lipinski definition) is 2. The average molecular weight is 252 g/mol. The Morgan fingerprint density at radius 3 is 2.56 bits per heavy atom. The van der Waals surface area contributed by atoms with E-state index in [1.54, 1.807) is 6.92 Å². The second kappa shape index (κ2) is 4.17. The first-order valence-electron chi connectivity index (χ1n) is 6.79. The normalized spacial score (nSPS) is 48.7. The summed E-state index contributed by atoms with van der Waals surface area (Å²) in [5.74, 6) is -0.180. The van der Waals surface area contributed by atoms with Crippen LogP contribution in [-0.4, -0.2) is 27.7 Å². The van der Waals surface area contributed by atoms with Crippen molar-refractivity contribution >= 4 is 5.78 Å². The summed E-state index contributed by atoms with van der Waals surface area (Å²) in [6.45, 7) is 9.51. The molecule has 0 aromatic carbocycles. The Balaban J connectivity index is 2.41. The number of carbonyl (C=O) groups excluding carboxylic acids is 1. The van der Waals surface area contributed by atoms with Crippen LogP contribution in [0.1, 0.15) is 46.5 Å². The molecule has 2 rings (SSSR count). The molecule has 2 aliphatic rings. The highest BCUT2D eigenvalue weighted by molar-refractivity contribution is 5.86. The molecule has 0 aromatic rings. The van der Waals surface area contributed by atoms with E-state index in [4.69, 9.17) is 0 Å². The molecule has 2 N–H and O–H groups in total. The highest BCUT2D eigenvalue weighted by Crippen LogP contribution is 2.54. The lowest BCUT2D eigenvalue weighted by Gasteiger charge is -2.55. The summed E-state index contributed by atoms with van der Waals surface area (Å²) in [7, 11) is 0. The Hall–Kier alpha value is -0.670. The topological polar surface area (TPSA) is 57.5 Å². The molecule has 0 radical (unpaired) electrons. The number of carbonyl (C=O) groups is 1. The van der Waals surface area contributed by atoms with Crippen molar-refractivity contribution in [2.75, 3.05) is 0 Å². The fourth-order valence-electron chi connectivity index (χ4n) is 4.10. The number of hydrogen-bond acceptors (Lipinski definition) is 3. The average Bonchev–Trinajstić information content (AvgIpc) is 2.23. The third-order valence-electron chi connectivity index (χ3n) is 5.21. The van der Waals surface area contributed by atoms with Gasteiger partial charge in [-0.15, -0.1) is 0 Å². The monoisotopic (exact) mass is 252 g/mol. The second-order valence-electron chi connectivity index (χ2n) is 6.66. The minimum atomic E-state index is -0.962. The summed E-state index contributed by atoms with van der Waals surface area (Å²) in [6.07, 6.45) is 1.73. The van der Waals surface area contributed by atoms with Gasteiger partial charge in [-0.1, -0.05) is 19.1 Å². The van der Waals surface area contributed by atoms with Gasteiger partial charge in [-0.3, -0.25) is 4.79 Å². The van der Waals surface area contributed by atoms with Gasteiger partial charge in [-0.25, -0.2) is 0 Å². The van der Waals surface area contributed by atoms with Gasteiger partial charge in [0.15, 0.2) is 0 Å². The quantitative estimate of drug-likeness (QED) is 0.702. The first-order valence-corrected chi connectivity index (χ1v) is 6.79. The van der Waals surface area contributed by atoms with Crippen molar-refractivity contribution < 1.29 is 15.0 Å². The molecule has 2 saturated carbocycles. The van der Waals surface area contributed by atoms with Crippen LogP contribution in [0.5, 0.6) is 0 Å². The Morgan fingerprint density at radius 2 is 2.00 bits per heavy atom. The van der Waals surface area contributed by atoms with E-state index < -0.39 is 17.1 Å². The summed E-state index contributed by atoms with van der Waals surface area (Å²) >= 11 is 0. The first kappa shape index (κ1) is 13.8. The van der Waals surface area contributed by atoms with Gasteiger partial charge in [0.25, 0.3) is 0 Å². The number of fused-ring (bicyclic) bond motifs is 1. The van der Waals surface area contributed by atoms with E-state index in [-0.39, 0.29) is 17.6 Å². The van der Waals surface area contributed by atoms with Gasteiger partial charge in [0.2, 0.25) is 0 Å². The van der Waals surface area contributed by atoms with Gasteiger partial charge in [-0.2, -0.15) is 0 Å². The molecule has 102 valence electrons. The van der Waals surface area contributed by atoms with Crippen LogP contribution in [0.3, 0.4) is 0 Å². The van der Waals surface area contributed by atoms with Crippen LogP contribution in [0.15, 0.2) is 12.2 Å². The van der Waals surface area contributed by atoms with Crippen LogP contribution < -0.4 is 0 Å². The van der Waals surface area contributed by atoms with Gasteiger partial charge < -0.3 is 10.2 Å². The number of Topliss-reactive ketones (excluding diaryl/α,β-unsaturated/α-hetero) is 1. The van der Waals surface area contributed by atoms with E-state index in [0.29, 0.717) is 12.8 Å². The van der Waals surface area contributed by atoms with Crippen molar-refractivity contribution in [1.82, 2.24) is 0 Å². The third kappa shape index (κ3) is 1.84. The second-order valence-corrected chi connectivity index (χ2v) is 6.66. The van der Waals surface area contributed by atoms with Gasteiger partial charge in [0.1, 0.15) is 5.78 Å². The van der Waals surface area contributed by atoms with E-state index >= 15 is 0 Å². The molecule has 0 spiro atoms. The predicted octanol–water partition coefficient (Wildman–Crippen LogP) is 2.07. The van der Waals surface area contributed by atoms with Crippen LogP contribution in [-0.2, 0) is 4.79 Å². The Bertz CT molecular complexity index is 385. The molecule has 5 atom stereocenters. The fourth-order valence-corrected chi connectivity index (χ4v) is 4.10. The van der Waals surface area contributed by atoms with Crippen molar-refractivity contribution in [3.63, 3.8) is 0 Å². The minimum absolute atomic E-state index is 0.000417. The molecular weight excluding hydrogens is 228 g/mol. The Morgan fingerprint density at radius 1 is 1.39 bits per heavy atom. The molecule has 18 heavy (non-hydrogen) atoms. The number of aliphatic hydroxyl groups excluding tert-OH is 1. The highest BCUT2D eigenvalue weighted by Gasteiger charge is 2.59. The zero-order valence-corrected chi connectivity index (χ0v) is 11.6. The zero-order valence-electron chi connectivity index (χ0n) is 11.6. The zero-order chi connectivity index (χ0) is 13.7. The van der Waals surface area contributed by atoms with Crippen LogP contribution in [0, 0.1) is 17.3 Å². The van der Waals surface area contributed by atoms with Gasteiger partial charge in [-0.05, 0) is 33.1 Å². The van der Waals surface area contributed by atoms with E-state index in [1.165, 1.54) is 0 Å². The molecular formula is C15H24O3. The van der Waals surface area contributed by atoms with Crippen LogP contribution in [0.2, 0.25) is 0 Å². The van der Waals surface area contributed by atoms with E-state index in [0.717, 1.165) is 18.4 Å². The maximum absolute atomic E-state index is 12.2. The number of ketones is 1. The molecule has 0 aliphatic heterocycles. The van der Waals surface area contributed by atoms with Crippen molar-refractivity contribution in [3.8, 4) is 0 Å². The Kier molecular flexibility index (Phi) is 3.19. The number of aliphatic hydroxyl groups is 2. The fraction of sp³-hybridized carbons (Fsp3) is 0.800. The van der Waals surface area contributed by atoms with E-state index in [1.807, 2.05) is 13.8 Å². The smallest absolute Gasteiger partial charge is 0.139 e. The summed E-state index contributed by atoms with van der Waals surface area (Å²) in [6, 6.07) is 0. The summed E-state index contributed by atoms with van der Waals surface area (Å²) in [5.41, 5.74) is -0.595. The lowest BCUT2D eigenvalue weighted by atomic mass is 9.51. The minimum Gasteiger partial charge on any atom is -0.392 e. The maximum atomic E-state index is 12.2. The third-order valence-corrected chi connectivity index (χ3v) is 5.21. The van der Waals surface area contributed by atoms with Crippen LogP contribution >= 0.6 is 0 Å². The molecule has 3 heteroatoms. The van der Waals surface area contributed by atoms with E-state index in [2.05, 4.69) is 6.58 Å². The molecule has 0 aromatic heterocycles. The largest absolute Gasteiger partial charge is 0.392 e. The molecule has 0 bridgehead atoms. The lowest BCUT2D eigenvalue weighted by molar-refractivity contribution is -0.183. The molecule has 3 nitrogen and oxygen atoms in total. The maximum Gasteiger partial charge on any atom is 0.139 e. The molecule has 1 unspecified atom stereocenters. The summed E-state index contributed by atoms with van der Waals surface area (Å²) in [4.78, 5) is 12.2. The number of rotatable bonds is 1. The van der Waals surface area contributed by atoms with Crippen LogP contribution in [0.4, 0.5) is 0 Å².